The number of benzene rings is 1. The molecule has 2 rings (SSSR count). The molecule has 0 aliphatic carbocycles. The third-order valence-electron chi connectivity index (χ3n) is 2.33. The van der Waals surface area contributed by atoms with E-state index in [0.29, 0.717) is 29.2 Å². The van der Waals surface area contributed by atoms with Gasteiger partial charge in [0.15, 0.2) is 5.82 Å². The van der Waals surface area contributed by atoms with Crippen LogP contribution in [0.25, 0.3) is 0 Å². The molecule has 5 nitrogen and oxygen atoms in total. The highest BCUT2D eigenvalue weighted by Crippen LogP contribution is 2.25. The predicted molar refractivity (Wildman–Crippen MR) is 75.4 cm³/mol. The molecule has 20 heavy (non-hydrogen) atoms. The molecule has 0 unspecified atom stereocenters. The van der Waals surface area contributed by atoms with Crippen LogP contribution in [0.1, 0.15) is 12.7 Å². The van der Waals surface area contributed by atoms with Crippen molar-refractivity contribution in [1.82, 2.24) is 9.97 Å². The first kappa shape index (κ1) is 14.6. The summed E-state index contributed by atoms with van der Waals surface area (Å²) in [6.45, 7) is 2.80. The maximum Gasteiger partial charge on any atom is 0.224 e. The molecule has 1 heterocycles. The molecule has 0 atom stereocenters. The van der Waals surface area contributed by atoms with Gasteiger partial charge in [0.2, 0.25) is 5.88 Å². The van der Waals surface area contributed by atoms with Crippen LogP contribution >= 0.6 is 11.6 Å². The third-order valence-corrected chi connectivity index (χ3v) is 2.52. The number of rotatable bonds is 6. The normalized spacial score (nSPS) is 10.3. The van der Waals surface area contributed by atoms with Gasteiger partial charge < -0.3 is 14.2 Å². The topological polar surface area (TPSA) is 53.5 Å². The molecular weight excluding hydrogens is 280 g/mol. The monoisotopic (exact) mass is 294 g/mol. The molecule has 2 aromatic rings. The Morgan fingerprint density at radius 1 is 1.15 bits per heavy atom. The van der Waals surface area contributed by atoms with Gasteiger partial charge in [-0.1, -0.05) is 17.7 Å². The van der Waals surface area contributed by atoms with Gasteiger partial charge in [-0.3, -0.25) is 0 Å². The minimum Gasteiger partial charge on any atom is -0.494 e. The first-order valence-electron chi connectivity index (χ1n) is 6.14. The molecule has 0 aliphatic rings. The Balaban J connectivity index is 2.18. The van der Waals surface area contributed by atoms with Crippen LogP contribution < -0.4 is 9.47 Å². The van der Waals surface area contributed by atoms with Crippen LogP contribution in [0, 0.1) is 0 Å². The molecule has 0 saturated heterocycles. The maximum absolute atomic E-state index is 5.92. The van der Waals surface area contributed by atoms with Crippen molar-refractivity contribution in [3.63, 3.8) is 0 Å². The van der Waals surface area contributed by atoms with Crippen molar-refractivity contribution in [1.29, 1.82) is 0 Å². The summed E-state index contributed by atoms with van der Waals surface area (Å²) in [7, 11) is 1.57. The summed E-state index contributed by atoms with van der Waals surface area (Å²) in [4.78, 5) is 8.25. The average molecular weight is 295 g/mol. The van der Waals surface area contributed by atoms with Crippen LogP contribution in [-0.4, -0.2) is 23.7 Å². The van der Waals surface area contributed by atoms with E-state index in [4.69, 9.17) is 25.8 Å². The highest BCUT2D eigenvalue weighted by molar-refractivity contribution is 6.29. The van der Waals surface area contributed by atoms with Crippen LogP contribution in [0.15, 0.2) is 30.3 Å². The van der Waals surface area contributed by atoms with E-state index in [9.17, 15) is 0 Å². The minimum absolute atomic E-state index is 0.274. The number of hydrogen-bond acceptors (Lipinski definition) is 5. The van der Waals surface area contributed by atoms with Crippen molar-refractivity contribution >= 4 is 11.6 Å². The molecule has 0 aliphatic heterocycles. The van der Waals surface area contributed by atoms with Crippen molar-refractivity contribution in [2.75, 3.05) is 13.7 Å². The average Bonchev–Trinajstić information content (AvgIpc) is 2.39. The summed E-state index contributed by atoms with van der Waals surface area (Å²) in [5.74, 6) is 2.19. The van der Waals surface area contributed by atoms with Crippen molar-refractivity contribution in [2.24, 2.45) is 0 Å². The van der Waals surface area contributed by atoms with Gasteiger partial charge in [-0.05, 0) is 19.1 Å². The Labute approximate surface area is 122 Å². The smallest absolute Gasteiger partial charge is 0.224 e. The highest BCUT2D eigenvalue weighted by Gasteiger charge is 2.06. The minimum atomic E-state index is 0.274. The van der Waals surface area contributed by atoms with Crippen molar-refractivity contribution in [3.05, 3.63) is 41.3 Å². The lowest BCUT2D eigenvalue weighted by Crippen LogP contribution is -1.99. The molecule has 0 fully saturated rings. The Hall–Kier alpha value is -1.85. The molecule has 1 aromatic heterocycles. The van der Waals surface area contributed by atoms with Crippen molar-refractivity contribution in [3.8, 4) is 17.4 Å². The highest BCUT2D eigenvalue weighted by atomic mass is 35.5. The Morgan fingerprint density at radius 3 is 2.70 bits per heavy atom. The lowest BCUT2D eigenvalue weighted by atomic mass is 10.3. The van der Waals surface area contributed by atoms with Gasteiger partial charge in [0.05, 0.1) is 6.61 Å². The predicted octanol–water partition coefficient (Wildman–Crippen LogP) is 3.47. The summed E-state index contributed by atoms with van der Waals surface area (Å²) in [5, 5.41) is 0.308. The quantitative estimate of drug-likeness (QED) is 0.764. The first-order valence-corrected chi connectivity index (χ1v) is 6.52. The second-order valence-corrected chi connectivity index (χ2v) is 4.28. The van der Waals surface area contributed by atoms with E-state index in [2.05, 4.69) is 9.97 Å². The zero-order valence-electron chi connectivity index (χ0n) is 11.3. The van der Waals surface area contributed by atoms with E-state index in [1.165, 1.54) is 0 Å². The molecule has 0 amide bonds. The summed E-state index contributed by atoms with van der Waals surface area (Å²) in [5.41, 5.74) is 0. The number of methoxy groups -OCH3 is 1. The second-order valence-electron chi connectivity index (χ2n) is 3.89. The zero-order valence-corrected chi connectivity index (χ0v) is 12.1. The van der Waals surface area contributed by atoms with Crippen LogP contribution in [0.5, 0.6) is 17.4 Å². The van der Waals surface area contributed by atoms with Crippen LogP contribution in [0.2, 0.25) is 5.15 Å². The number of aromatic nitrogens is 2. The summed E-state index contributed by atoms with van der Waals surface area (Å²) >= 11 is 5.92. The summed E-state index contributed by atoms with van der Waals surface area (Å²) in [6.07, 6.45) is 0. The fourth-order valence-electron chi connectivity index (χ4n) is 1.60. The fraction of sp³-hybridized carbons (Fsp3) is 0.286. The zero-order chi connectivity index (χ0) is 14.4. The SMILES string of the molecule is CCOc1cccc(Oc2cc(Cl)nc(COC)n2)c1. The number of ether oxygens (including phenoxy) is 3. The number of hydrogen-bond donors (Lipinski definition) is 0. The van der Waals surface area contributed by atoms with Gasteiger partial charge in [0, 0.05) is 19.2 Å². The second kappa shape index (κ2) is 7.07. The van der Waals surface area contributed by atoms with Crippen molar-refractivity contribution < 1.29 is 14.2 Å². The molecule has 0 N–H and O–H groups in total. The molecular formula is C14H15ClN2O3. The first-order chi connectivity index (χ1) is 9.71. The van der Waals surface area contributed by atoms with E-state index < -0.39 is 0 Å². The lowest BCUT2D eigenvalue weighted by Gasteiger charge is -2.08. The molecule has 0 radical (unpaired) electrons. The van der Waals surface area contributed by atoms with E-state index in [1.54, 1.807) is 19.2 Å². The van der Waals surface area contributed by atoms with Gasteiger partial charge in [-0.15, -0.1) is 0 Å². The molecule has 0 bridgehead atoms. The lowest BCUT2D eigenvalue weighted by molar-refractivity contribution is 0.177. The number of halogens is 1. The Morgan fingerprint density at radius 2 is 1.95 bits per heavy atom. The van der Waals surface area contributed by atoms with E-state index in [-0.39, 0.29) is 6.61 Å². The van der Waals surface area contributed by atoms with Crippen LogP contribution in [0.4, 0.5) is 0 Å². The molecule has 0 spiro atoms. The van der Waals surface area contributed by atoms with E-state index in [1.807, 2.05) is 25.1 Å². The van der Waals surface area contributed by atoms with E-state index in [0.717, 1.165) is 5.75 Å². The third kappa shape index (κ3) is 4.08. The van der Waals surface area contributed by atoms with E-state index >= 15 is 0 Å². The molecule has 0 saturated carbocycles. The van der Waals surface area contributed by atoms with Crippen LogP contribution in [-0.2, 0) is 11.3 Å². The molecule has 106 valence electrons. The molecule has 6 heteroatoms. The molecule has 1 aromatic carbocycles. The summed E-state index contributed by atoms with van der Waals surface area (Å²) < 4.78 is 16.1. The van der Waals surface area contributed by atoms with Gasteiger partial charge in [0.1, 0.15) is 23.3 Å². The summed E-state index contributed by atoms with van der Waals surface area (Å²) in [6, 6.07) is 8.86. The Kier molecular flexibility index (Phi) is 5.15. The van der Waals surface area contributed by atoms with Gasteiger partial charge in [-0.25, -0.2) is 4.98 Å². The van der Waals surface area contributed by atoms with Crippen LogP contribution in [0.3, 0.4) is 0 Å². The fourth-order valence-corrected chi connectivity index (χ4v) is 1.79. The van der Waals surface area contributed by atoms with Gasteiger partial charge in [0.25, 0.3) is 0 Å². The van der Waals surface area contributed by atoms with Gasteiger partial charge in [-0.2, -0.15) is 4.98 Å². The Bertz CT molecular complexity index is 578. The number of nitrogens with zero attached hydrogens (tertiary/aromatic N) is 2. The maximum atomic E-state index is 5.92. The van der Waals surface area contributed by atoms with Gasteiger partial charge >= 0.3 is 0 Å². The van der Waals surface area contributed by atoms with Crippen molar-refractivity contribution in [2.45, 2.75) is 13.5 Å². The largest absolute Gasteiger partial charge is 0.494 e. The standard InChI is InChI=1S/C14H15ClN2O3/c1-3-19-10-5-4-6-11(7-10)20-14-8-12(15)16-13(17-14)9-18-2/h4-8H,3,9H2,1-2H3.